The molecule has 2 aromatic carbocycles. The number of benzene rings is 2. The first-order chi connectivity index (χ1) is 8.27. The van der Waals surface area contributed by atoms with Gasteiger partial charge in [-0.3, -0.25) is 0 Å². The van der Waals surface area contributed by atoms with Crippen LogP contribution in [0, 0.1) is 0 Å². The van der Waals surface area contributed by atoms with Gasteiger partial charge in [0.15, 0.2) is 0 Å². The summed E-state index contributed by atoms with van der Waals surface area (Å²) < 4.78 is 6.44. The van der Waals surface area contributed by atoms with Gasteiger partial charge in [-0.05, 0) is 45.6 Å². The van der Waals surface area contributed by atoms with E-state index in [4.69, 9.17) is 4.74 Å². The smallest absolute Gasteiger partial charge is 0.136 e. The van der Waals surface area contributed by atoms with E-state index in [-0.39, 0.29) is 6.10 Å². The van der Waals surface area contributed by atoms with Crippen LogP contribution in [0.25, 0.3) is 10.8 Å². The van der Waals surface area contributed by atoms with Crippen LogP contribution < -0.4 is 0 Å². The van der Waals surface area contributed by atoms with E-state index in [1.165, 1.54) is 0 Å². The van der Waals surface area contributed by atoms with Crippen LogP contribution in [0.1, 0.15) is 24.5 Å². The van der Waals surface area contributed by atoms with E-state index in [2.05, 4.69) is 22.0 Å². The molecule has 0 aromatic heterocycles. The van der Waals surface area contributed by atoms with Gasteiger partial charge in [0.2, 0.25) is 0 Å². The Morgan fingerprint density at radius 1 is 1.29 bits per heavy atom. The molecule has 2 nitrogen and oxygen atoms in total. The first kappa shape index (κ1) is 11.1. The quantitative estimate of drug-likeness (QED) is 0.855. The fraction of sp³-hybridized carbons (Fsp3) is 0.286. The van der Waals surface area contributed by atoms with Gasteiger partial charge >= 0.3 is 0 Å². The second-order valence-corrected chi connectivity index (χ2v) is 5.20. The topological polar surface area (TPSA) is 29.5 Å². The van der Waals surface area contributed by atoms with Gasteiger partial charge in [-0.1, -0.05) is 24.3 Å². The molecule has 1 saturated heterocycles. The third kappa shape index (κ3) is 1.83. The van der Waals surface area contributed by atoms with E-state index in [9.17, 15) is 5.11 Å². The van der Waals surface area contributed by atoms with E-state index in [0.717, 1.165) is 40.3 Å². The third-order valence-corrected chi connectivity index (χ3v) is 3.87. The van der Waals surface area contributed by atoms with Crippen molar-refractivity contribution in [2.24, 2.45) is 0 Å². The zero-order chi connectivity index (χ0) is 11.8. The maximum atomic E-state index is 10.2. The van der Waals surface area contributed by atoms with Gasteiger partial charge in [-0.2, -0.15) is 0 Å². The van der Waals surface area contributed by atoms with Crippen LogP contribution in [-0.4, -0.2) is 11.7 Å². The predicted molar refractivity (Wildman–Crippen MR) is 71.2 cm³/mol. The van der Waals surface area contributed by atoms with Crippen LogP contribution in [0.4, 0.5) is 0 Å². The Balaban J connectivity index is 2.29. The molecule has 1 atom stereocenters. The molecule has 88 valence electrons. The summed E-state index contributed by atoms with van der Waals surface area (Å²) in [6.45, 7) is 0.783. The maximum absolute atomic E-state index is 10.2. The lowest BCUT2D eigenvalue weighted by atomic mass is 9.98. The van der Waals surface area contributed by atoms with Gasteiger partial charge in [-0.15, -0.1) is 0 Å². The van der Waals surface area contributed by atoms with Crippen LogP contribution in [-0.2, 0) is 4.74 Å². The van der Waals surface area contributed by atoms with Crippen molar-refractivity contribution in [1.82, 2.24) is 0 Å². The van der Waals surface area contributed by atoms with E-state index in [1.807, 2.05) is 24.3 Å². The average molecular weight is 293 g/mol. The molecule has 3 heteroatoms. The average Bonchev–Trinajstić information content (AvgIpc) is 2.84. The Kier molecular flexibility index (Phi) is 2.81. The second kappa shape index (κ2) is 4.31. The number of aromatic hydroxyl groups is 1. The molecule has 0 radical (unpaired) electrons. The van der Waals surface area contributed by atoms with E-state index >= 15 is 0 Å². The SMILES string of the molecule is Oc1c(Br)cc2ccccc2c1C1CCCO1. The van der Waals surface area contributed by atoms with Crippen LogP contribution in [0.2, 0.25) is 0 Å². The maximum Gasteiger partial charge on any atom is 0.136 e. The Morgan fingerprint density at radius 3 is 2.88 bits per heavy atom. The summed E-state index contributed by atoms with van der Waals surface area (Å²) >= 11 is 3.41. The van der Waals surface area contributed by atoms with Gasteiger partial charge in [0.05, 0.1) is 10.6 Å². The molecule has 0 aliphatic carbocycles. The van der Waals surface area contributed by atoms with E-state index in [1.54, 1.807) is 0 Å². The highest BCUT2D eigenvalue weighted by atomic mass is 79.9. The van der Waals surface area contributed by atoms with Crippen molar-refractivity contribution in [3.05, 3.63) is 40.4 Å². The van der Waals surface area contributed by atoms with Crippen molar-refractivity contribution in [1.29, 1.82) is 0 Å². The van der Waals surface area contributed by atoms with Crippen molar-refractivity contribution >= 4 is 26.7 Å². The highest BCUT2D eigenvalue weighted by Crippen LogP contribution is 2.42. The fourth-order valence-corrected chi connectivity index (χ4v) is 2.92. The Morgan fingerprint density at radius 2 is 2.12 bits per heavy atom. The number of halogens is 1. The summed E-state index contributed by atoms with van der Waals surface area (Å²) in [7, 11) is 0. The largest absolute Gasteiger partial charge is 0.506 e. The summed E-state index contributed by atoms with van der Waals surface area (Å²) in [6.07, 6.45) is 2.07. The van der Waals surface area contributed by atoms with Crippen molar-refractivity contribution < 1.29 is 9.84 Å². The number of ether oxygens (including phenoxy) is 1. The molecule has 1 fully saturated rings. The highest BCUT2D eigenvalue weighted by molar-refractivity contribution is 9.10. The molecule has 1 heterocycles. The van der Waals surface area contributed by atoms with Crippen LogP contribution >= 0.6 is 15.9 Å². The summed E-state index contributed by atoms with van der Waals surface area (Å²) in [5.41, 5.74) is 0.924. The summed E-state index contributed by atoms with van der Waals surface area (Å²) in [6, 6.07) is 10.0. The first-order valence-electron chi connectivity index (χ1n) is 5.79. The molecule has 1 aliphatic heterocycles. The van der Waals surface area contributed by atoms with Gasteiger partial charge in [0, 0.05) is 12.2 Å². The summed E-state index contributed by atoms with van der Waals surface area (Å²) in [5, 5.41) is 12.4. The van der Waals surface area contributed by atoms with Crippen LogP contribution in [0.15, 0.2) is 34.8 Å². The standard InChI is InChI=1S/C14H13BrO2/c15-11-8-9-4-1-2-5-10(9)13(14(11)16)12-6-3-7-17-12/h1-2,4-5,8,12,16H,3,6-7H2. The third-order valence-electron chi connectivity index (χ3n) is 3.27. The lowest BCUT2D eigenvalue weighted by Gasteiger charge is -2.16. The van der Waals surface area contributed by atoms with Crippen molar-refractivity contribution in [2.75, 3.05) is 6.61 Å². The molecular weight excluding hydrogens is 280 g/mol. The Labute approximate surface area is 108 Å². The molecule has 1 aliphatic rings. The number of rotatable bonds is 1. The van der Waals surface area contributed by atoms with Gasteiger partial charge < -0.3 is 9.84 Å². The van der Waals surface area contributed by atoms with Crippen LogP contribution in [0.5, 0.6) is 5.75 Å². The van der Waals surface area contributed by atoms with Crippen molar-refractivity contribution in [2.45, 2.75) is 18.9 Å². The molecule has 1 unspecified atom stereocenters. The minimum Gasteiger partial charge on any atom is -0.506 e. The van der Waals surface area contributed by atoms with Crippen molar-refractivity contribution in [3.63, 3.8) is 0 Å². The number of phenols is 1. The van der Waals surface area contributed by atoms with Crippen molar-refractivity contribution in [3.8, 4) is 5.75 Å². The lowest BCUT2D eigenvalue weighted by Crippen LogP contribution is -1.98. The molecule has 0 amide bonds. The zero-order valence-corrected chi connectivity index (χ0v) is 10.9. The summed E-state index contributed by atoms with van der Waals surface area (Å²) in [4.78, 5) is 0. The molecule has 0 bridgehead atoms. The minimum atomic E-state index is 0.0254. The molecule has 1 N–H and O–H groups in total. The van der Waals surface area contributed by atoms with Gasteiger partial charge in [-0.25, -0.2) is 0 Å². The number of hydrogen-bond acceptors (Lipinski definition) is 2. The second-order valence-electron chi connectivity index (χ2n) is 4.34. The molecule has 0 spiro atoms. The number of phenolic OH excluding ortho intramolecular Hbond substituents is 1. The van der Waals surface area contributed by atoms with Gasteiger partial charge in [0.25, 0.3) is 0 Å². The molecule has 3 rings (SSSR count). The first-order valence-corrected chi connectivity index (χ1v) is 6.58. The molecule has 17 heavy (non-hydrogen) atoms. The normalized spacial score (nSPS) is 19.9. The van der Waals surface area contributed by atoms with Gasteiger partial charge in [0.1, 0.15) is 5.75 Å². The number of fused-ring (bicyclic) bond motifs is 1. The predicted octanol–water partition coefficient (Wildman–Crippen LogP) is 4.16. The monoisotopic (exact) mass is 292 g/mol. The molecular formula is C14H13BrO2. The fourth-order valence-electron chi connectivity index (χ4n) is 2.46. The minimum absolute atomic E-state index is 0.0254. The van der Waals surface area contributed by atoms with E-state index < -0.39 is 0 Å². The molecule has 0 saturated carbocycles. The lowest BCUT2D eigenvalue weighted by molar-refractivity contribution is 0.111. The zero-order valence-electron chi connectivity index (χ0n) is 9.32. The highest BCUT2D eigenvalue weighted by Gasteiger charge is 2.24. The van der Waals surface area contributed by atoms with E-state index in [0.29, 0.717) is 5.75 Å². The summed E-state index contributed by atoms with van der Waals surface area (Å²) in [5.74, 6) is 0.315. The number of hydrogen-bond donors (Lipinski definition) is 1. The van der Waals surface area contributed by atoms with Crippen LogP contribution in [0.3, 0.4) is 0 Å². The Bertz CT molecular complexity index is 559. The Hall–Kier alpha value is -1.06. The molecule has 2 aromatic rings.